The van der Waals surface area contributed by atoms with Crippen molar-refractivity contribution in [1.29, 1.82) is 0 Å². The fourth-order valence-corrected chi connectivity index (χ4v) is 1.83. The molecule has 1 aliphatic rings. The van der Waals surface area contributed by atoms with Crippen LogP contribution in [0.4, 0.5) is 10.1 Å². The predicted molar refractivity (Wildman–Crippen MR) is 71.4 cm³/mol. The molecule has 0 spiro atoms. The van der Waals surface area contributed by atoms with Crippen LogP contribution in [-0.4, -0.2) is 40.7 Å². The zero-order chi connectivity index (χ0) is 15.6. The van der Waals surface area contributed by atoms with Crippen LogP contribution in [-0.2, 0) is 9.59 Å². The summed E-state index contributed by atoms with van der Waals surface area (Å²) in [7, 11) is 1.43. The molecule has 0 bridgehead atoms. The largest absolute Gasteiger partial charge is 0.478 e. The highest BCUT2D eigenvalue weighted by Crippen LogP contribution is 2.18. The van der Waals surface area contributed by atoms with E-state index in [0.717, 1.165) is 23.2 Å². The van der Waals surface area contributed by atoms with Gasteiger partial charge in [0.2, 0.25) is 5.91 Å². The van der Waals surface area contributed by atoms with Crippen LogP contribution in [0.25, 0.3) is 0 Å². The maximum absolute atomic E-state index is 13.0. The number of halogens is 1. The summed E-state index contributed by atoms with van der Waals surface area (Å²) in [6.45, 7) is 0. The van der Waals surface area contributed by atoms with Crippen molar-refractivity contribution >= 4 is 29.2 Å². The van der Waals surface area contributed by atoms with Crippen LogP contribution in [0, 0.1) is 5.82 Å². The first kappa shape index (κ1) is 14.6. The molecule has 7 nitrogen and oxygen atoms in total. The Kier molecular flexibility index (Phi) is 3.97. The van der Waals surface area contributed by atoms with Gasteiger partial charge in [-0.05, 0) is 18.2 Å². The smallest absolute Gasteiger partial charge is 0.337 e. The number of carbonyl (C=O) groups is 3. The topological polar surface area (TPSA) is 99.1 Å². The summed E-state index contributed by atoms with van der Waals surface area (Å²) >= 11 is 0. The van der Waals surface area contributed by atoms with Crippen LogP contribution in [0.1, 0.15) is 23.2 Å². The van der Waals surface area contributed by atoms with Gasteiger partial charge in [0.05, 0.1) is 11.3 Å². The Bertz CT molecular complexity index is 657. The van der Waals surface area contributed by atoms with Crippen molar-refractivity contribution in [2.45, 2.75) is 12.8 Å². The van der Waals surface area contributed by atoms with Crippen LogP contribution >= 0.6 is 0 Å². The molecule has 2 amide bonds. The lowest BCUT2D eigenvalue weighted by Gasteiger charge is -2.19. The molecule has 21 heavy (non-hydrogen) atoms. The molecule has 1 aromatic rings. The highest BCUT2D eigenvalue weighted by atomic mass is 19.1. The number of hydrazone groups is 1. The number of anilines is 1. The number of rotatable bonds is 3. The lowest BCUT2D eigenvalue weighted by atomic mass is 10.1. The third kappa shape index (κ3) is 3.22. The summed E-state index contributed by atoms with van der Waals surface area (Å²) in [4.78, 5) is 34.3. The summed E-state index contributed by atoms with van der Waals surface area (Å²) in [6.07, 6.45) is 0.316. The molecule has 8 heteroatoms. The SMILES string of the molecule is CN1N=C(C(=O)Nc2ccc(F)cc2C(=O)O)CCC1=O. The van der Waals surface area contributed by atoms with E-state index in [1.807, 2.05) is 0 Å². The van der Waals surface area contributed by atoms with Crippen LogP contribution in [0.2, 0.25) is 0 Å². The quantitative estimate of drug-likeness (QED) is 0.870. The molecule has 0 aromatic heterocycles. The van der Waals surface area contributed by atoms with Gasteiger partial charge < -0.3 is 10.4 Å². The maximum Gasteiger partial charge on any atom is 0.337 e. The number of carboxylic acid groups (broad SMARTS) is 1. The van der Waals surface area contributed by atoms with Gasteiger partial charge in [-0.1, -0.05) is 0 Å². The first-order valence-electron chi connectivity index (χ1n) is 6.06. The van der Waals surface area contributed by atoms with Crippen molar-refractivity contribution in [1.82, 2.24) is 5.01 Å². The molecule has 0 radical (unpaired) electrons. The Balaban J connectivity index is 2.23. The average molecular weight is 293 g/mol. The first-order chi connectivity index (χ1) is 9.88. The van der Waals surface area contributed by atoms with E-state index in [4.69, 9.17) is 5.11 Å². The number of amides is 2. The van der Waals surface area contributed by atoms with Gasteiger partial charge in [-0.3, -0.25) is 9.59 Å². The van der Waals surface area contributed by atoms with E-state index in [0.29, 0.717) is 0 Å². The Morgan fingerprint density at radius 2 is 2.10 bits per heavy atom. The molecule has 0 unspecified atom stereocenters. The van der Waals surface area contributed by atoms with Crippen molar-refractivity contribution in [2.75, 3.05) is 12.4 Å². The number of carbonyl (C=O) groups excluding carboxylic acids is 2. The van der Waals surface area contributed by atoms with E-state index in [9.17, 15) is 18.8 Å². The summed E-state index contributed by atoms with van der Waals surface area (Å²) in [5.74, 6) is -2.91. The first-order valence-corrected chi connectivity index (χ1v) is 6.06. The zero-order valence-electron chi connectivity index (χ0n) is 11.1. The number of hydrogen-bond donors (Lipinski definition) is 2. The van der Waals surface area contributed by atoms with E-state index < -0.39 is 17.7 Å². The van der Waals surface area contributed by atoms with Gasteiger partial charge in [-0.25, -0.2) is 14.2 Å². The number of aromatic carboxylic acids is 1. The molecule has 1 aromatic carbocycles. The summed E-state index contributed by atoms with van der Waals surface area (Å²) in [5, 5.41) is 16.2. The number of carboxylic acids is 1. The van der Waals surface area contributed by atoms with E-state index >= 15 is 0 Å². The summed E-state index contributed by atoms with van der Waals surface area (Å²) in [5.41, 5.74) is -0.280. The number of benzene rings is 1. The van der Waals surface area contributed by atoms with Crippen LogP contribution in [0.3, 0.4) is 0 Å². The monoisotopic (exact) mass is 293 g/mol. The minimum absolute atomic E-state index is 0.0313. The van der Waals surface area contributed by atoms with Crippen molar-refractivity contribution in [3.63, 3.8) is 0 Å². The van der Waals surface area contributed by atoms with Crippen LogP contribution < -0.4 is 5.32 Å². The molecule has 2 rings (SSSR count). The highest BCUT2D eigenvalue weighted by molar-refractivity contribution is 6.43. The molecule has 0 fully saturated rings. The Morgan fingerprint density at radius 3 is 2.71 bits per heavy atom. The second kappa shape index (κ2) is 5.70. The van der Waals surface area contributed by atoms with E-state index in [1.165, 1.54) is 7.05 Å². The fraction of sp³-hybridized carbons (Fsp3) is 0.231. The van der Waals surface area contributed by atoms with Crippen molar-refractivity contribution < 1.29 is 23.9 Å². The molecule has 0 atom stereocenters. The molecule has 1 heterocycles. The van der Waals surface area contributed by atoms with Crippen LogP contribution in [0.5, 0.6) is 0 Å². The molecule has 0 saturated carbocycles. The second-order valence-corrected chi connectivity index (χ2v) is 4.41. The molecular weight excluding hydrogens is 281 g/mol. The molecule has 110 valence electrons. The van der Waals surface area contributed by atoms with Gasteiger partial charge in [-0.2, -0.15) is 5.10 Å². The lowest BCUT2D eigenvalue weighted by molar-refractivity contribution is -0.130. The van der Waals surface area contributed by atoms with Crippen molar-refractivity contribution in [3.05, 3.63) is 29.6 Å². The predicted octanol–water partition coefficient (Wildman–Crippen LogP) is 1.07. The van der Waals surface area contributed by atoms with E-state index in [2.05, 4.69) is 10.4 Å². The third-order valence-corrected chi connectivity index (χ3v) is 2.93. The maximum atomic E-state index is 13.0. The summed E-state index contributed by atoms with van der Waals surface area (Å²) in [6, 6.07) is 3.02. The van der Waals surface area contributed by atoms with E-state index in [-0.39, 0.29) is 35.7 Å². The minimum Gasteiger partial charge on any atom is -0.478 e. The fourth-order valence-electron chi connectivity index (χ4n) is 1.83. The Labute approximate surface area is 119 Å². The highest BCUT2D eigenvalue weighted by Gasteiger charge is 2.23. The minimum atomic E-state index is -1.36. The van der Waals surface area contributed by atoms with Gasteiger partial charge in [0.15, 0.2) is 0 Å². The molecule has 0 aliphatic carbocycles. The lowest BCUT2D eigenvalue weighted by Crippen LogP contribution is -2.34. The second-order valence-electron chi connectivity index (χ2n) is 4.41. The number of hydrogen-bond acceptors (Lipinski definition) is 4. The van der Waals surface area contributed by atoms with Crippen molar-refractivity contribution in [2.24, 2.45) is 5.10 Å². The number of nitrogens with zero attached hydrogens (tertiary/aromatic N) is 2. The molecular formula is C13H12FN3O4. The average Bonchev–Trinajstić information content (AvgIpc) is 2.43. The van der Waals surface area contributed by atoms with Gasteiger partial charge in [0, 0.05) is 19.9 Å². The third-order valence-electron chi connectivity index (χ3n) is 2.93. The van der Waals surface area contributed by atoms with Gasteiger partial charge in [0.1, 0.15) is 11.5 Å². The normalized spacial score (nSPS) is 14.7. The molecule has 2 N–H and O–H groups in total. The number of nitrogens with one attached hydrogen (secondary N) is 1. The van der Waals surface area contributed by atoms with Crippen LogP contribution in [0.15, 0.2) is 23.3 Å². The zero-order valence-corrected chi connectivity index (χ0v) is 11.1. The molecule has 0 saturated heterocycles. The standard InChI is InChI=1S/C13H12FN3O4/c1-17-11(18)5-4-10(16-17)12(19)15-9-3-2-7(14)6-8(9)13(20)21/h2-3,6H,4-5H2,1H3,(H,15,19)(H,20,21). The summed E-state index contributed by atoms with van der Waals surface area (Å²) < 4.78 is 13.0. The van der Waals surface area contributed by atoms with Gasteiger partial charge in [0.25, 0.3) is 5.91 Å². The van der Waals surface area contributed by atoms with E-state index in [1.54, 1.807) is 0 Å². The molecule has 1 aliphatic heterocycles. The Hall–Kier alpha value is -2.77. The van der Waals surface area contributed by atoms with Crippen molar-refractivity contribution in [3.8, 4) is 0 Å². The van der Waals surface area contributed by atoms with Gasteiger partial charge >= 0.3 is 5.97 Å². The van der Waals surface area contributed by atoms with Gasteiger partial charge in [-0.15, -0.1) is 0 Å². The Morgan fingerprint density at radius 1 is 1.38 bits per heavy atom.